The summed E-state index contributed by atoms with van der Waals surface area (Å²) in [4.78, 5) is 15.7. The number of anilines is 2. The number of amides is 1. The number of hydrogen-bond donors (Lipinski definition) is 1. The lowest BCUT2D eigenvalue weighted by atomic mass is 9.99. The van der Waals surface area contributed by atoms with Gasteiger partial charge in [0.05, 0.1) is 0 Å². The Morgan fingerprint density at radius 3 is 2.78 bits per heavy atom. The largest absolute Gasteiger partial charge is 0.398 e. The number of fused-ring (bicyclic) bond motifs is 1. The minimum Gasteiger partial charge on any atom is -0.398 e. The monoisotopic (exact) mass is 326 g/mol. The van der Waals surface area contributed by atoms with Crippen molar-refractivity contribution in [3.05, 3.63) is 53.6 Å². The molecular weight excluding hydrogens is 304 g/mol. The van der Waals surface area contributed by atoms with Crippen LogP contribution in [0, 0.1) is 6.92 Å². The molecule has 0 aliphatic carbocycles. The van der Waals surface area contributed by atoms with Gasteiger partial charge in [-0.1, -0.05) is 23.8 Å². The average Bonchev–Trinajstić information content (AvgIpc) is 2.56. The van der Waals surface area contributed by atoms with E-state index in [1.165, 1.54) is 10.5 Å². The zero-order chi connectivity index (χ0) is 16.2. The lowest BCUT2D eigenvalue weighted by molar-refractivity contribution is -0.118. The van der Waals surface area contributed by atoms with Crippen molar-refractivity contribution in [3.8, 4) is 0 Å². The molecule has 0 bridgehead atoms. The maximum atomic E-state index is 12.6. The standard InChI is InChI=1S/C19H22N2OS/c1-14-7-9-15(10-8-14)23-13-11-19(22)21-12-3-4-16-17(20)5-2-6-18(16)21/h2,5-10H,3-4,11-13,20H2,1H3. The van der Waals surface area contributed by atoms with Crippen molar-refractivity contribution in [2.45, 2.75) is 31.1 Å². The van der Waals surface area contributed by atoms with Crippen LogP contribution in [0.2, 0.25) is 0 Å². The zero-order valence-electron chi connectivity index (χ0n) is 13.4. The number of nitrogen functional groups attached to an aromatic ring is 1. The lowest BCUT2D eigenvalue weighted by Crippen LogP contribution is -2.35. The van der Waals surface area contributed by atoms with Crippen molar-refractivity contribution < 1.29 is 4.79 Å². The van der Waals surface area contributed by atoms with Gasteiger partial charge in [-0.05, 0) is 49.6 Å². The van der Waals surface area contributed by atoms with Crippen LogP contribution in [-0.4, -0.2) is 18.2 Å². The van der Waals surface area contributed by atoms with Gasteiger partial charge >= 0.3 is 0 Å². The Hall–Kier alpha value is -1.94. The normalized spacial score (nSPS) is 13.7. The minimum absolute atomic E-state index is 0.191. The molecule has 3 nitrogen and oxygen atoms in total. The van der Waals surface area contributed by atoms with Crippen molar-refractivity contribution in [1.29, 1.82) is 0 Å². The van der Waals surface area contributed by atoms with Crippen molar-refractivity contribution in [3.63, 3.8) is 0 Å². The van der Waals surface area contributed by atoms with Gasteiger partial charge in [0.1, 0.15) is 0 Å². The molecule has 1 aliphatic heterocycles. The first kappa shape index (κ1) is 15.9. The molecule has 0 fully saturated rings. The molecule has 0 aromatic heterocycles. The van der Waals surface area contributed by atoms with Crippen LogP contribution >= 0.6 is 11.8 Å². The molecule has 1 aliphatic rings. The fraction of sp³-hybridized carbons (Fsp3) is 0.316. The number of aryl methyl sites for hydroxylation is 1. The Kier molecular flexibility index (Phi) is 4.91. The average molecular weight is 326 g/mol. The fourth-order valence-electron chi connectivity index (χ4n) is 2.94. The molecule has 1 heterocycles. The summed E-state index contributed by atoms with van der Waals surface area (Å²) in [6, 6.07) is 14.3. The maximum absolute atomic E-state index is 12.6. The Morgan fingerprint density at radius 2 is 2.00 bits per heavy atom. The van der Waals surface area contributed by atoms with E-state index in [0.29, 0.717) is 6.42 Å². The van der Waals surface area contributed by atoms with Crippen LogP contribution < -0.4 is 10.6 Å². The van der Waals surface area contributed by atoms with E-state index in [1.54, 1.807) is 11.8 Å². The van der Waals surface area contributed by atoms with Crippen molar-refractivity contribution >= 4 is 29.0 Å². The molecule has 0 atom stereocenters. The first-order chi connectivity index (χ1) is 11.1. The smallest absolute Gasteiger partial charge is 0.227 e. The Morgan fingerprint density at radius 1 is 1.22 bits per heavy atom. The summed E-state index contributed by atoms with van der Waals surface area (Å²) in [6.07, 6.45) is 2.49. The van der Waals surface area contributed by atoms with Crippen LogP contribution in [0.15, 0.2) is 47.4 Å². The quantitative estimate of drug-likeness (QED) is 0.681. The van der Waals surface area contributed by atoms with Crippen molar-refractivity contribution in [1.82, 2.24) is 0 Å². The van der Waals surface area contributed by atoms with Gasteiger partial charge in [0.15, 0.2) is 0 Å². The van der Waals surface area contributed by atoms with Crippen LogP contribution in [0.25, 0.3) is 0 Å². The Bertz CT molecular complexity index is 697. The third kappa shape index (κ3) is 3.70. The van der Waals surface area contributed by atoms with Crippen molar-refractivity contribution in [2.24, 2.45) is 0 Å². The highest BCUT2D eigenvalue weighted by Gasteiger charge is 2.23. The number of hydrogen-bond acceptors (Lipinski definition) is 3. The van der Waals surface area contributed by atoms with E-state index in [-0.39, 0.29) is 5.91 Å². The third-order valence-electron chi connectivity index (χ3n) is 4.19. The molecule has 4 heteroatoms. The van der Waals surface area contributed by atoms with Gasteiger partial charge in [-0.3, -0.25) is 4.79 Å². The molecule has 1 amide bonds. The molecule has 120 valence electrons. The molecule has 2 N–H and O–H groups in total. The van der Waals surface area contributed by atoms with Crippen LogP contribution in [0.3, 0.4) is 0 Å². The van der Waals surface area contributed by atoms with E-state index < -0.39 is 0 Å². The van der Waals surface area contributed by atoms with Crippen LogP contribution in [0.4, 0.5) is 11.4 Å². The predicted octanol–water partition coefficient (Wildman–Crippen LogP) is 4.04. The topological polar surface area (TPSA) is 46.3 Å². The molecule has 0 saturated carbocycles. The lowest BCUT2D eigenvalue weighted by Gasteiger charge is -2.30. The maximum Gasteiger partial charge on any atom is 0.227 e. The van der Waals surface area contributed by atoms with Gasteiger partial charge in [-0.15, -0.1) is 11.8 Å². The van der Waals surface area contributed by atoms with Gasteiger partial charge in [0.2, 0.25) is 5.91 Å². The van der Waals surface area contributed by atoms with Crippen molar-refractivity contribution in [2.75, 3.05) is 22.9 Å². The van der Waals surface area contributed by atoms with Crippen LogP contribution in [0.5, 0.6) is 0 Å². The first-order valence-electron chi connectivity index (χ1n) is 8.02. The number of nitrogens with two attached hydrogens (primary N) is 1. The molecule has 3 rings (SSSR count). The van der Waals surface area contributed by atoms with Crippen LogP contribution in [-0.2, 0) is 11.2 Å². The number of rotatable bonds is 4. The van der Waals surface area contributed by atoms with E-state index in [4.69, 9.17) is 5.73 Å². The molecule has 2 aromatic rings. The van der Waals surface area contributed by atoms with Gasteiger partial charge in [-0.25, -0.2) is 0 Å². The second-order valence-corrected chi connectivity index (χ2v) is 7.07. The highest BCUT2D eigenvalue weighted by molar-refractivity contribution is 7.99. The Balaban J connectivity index is 1.61. The fourth-order valence-corrected chi connectivity index (χ4v) is 3.78. The van der Waals surface area contributed by atoms with E-state index >= 15 is 0 Å². The van der Waals surface area contributed by atoms with E-state index in [0.717, 1.165) is 42.1 Å². The summed E-state index contributed by atoms with van der Waals surface area (Å²) in [5.74, 6) is 0.993. The molecule has 0 spiro atoms. The minimum atomic E-state index is 0.191. The second kappa shape index (κ2) is 7.09. The van der Waals surface area contributed by atoms with Gasteiger partial charge in [0, 0.05) is 35.0 Å². The number of thioether (sulfide) groups is 1. The summed E-state index contributed by atoms with van der Waals surface area (Å²) in [6.45, 7) is 2.88. The highest BCUT2D eigenvalue weighted by atomic mass is 32.2. The number of nitrogens with zero attached hydrogens (tertiary/aromatic N) is 1. The Labute approximate surface area is 141 Å². The van der Waals surface area contributed by atoms with Crippen LogP contribution in [0.1, 0.15) is 24.0 Å². The molecule has 0 saturated heterocycles. The number of carbonyl (C=O) groups excluding carboxylic acids is 1. The summed E-state index contributed by atoms with van der Waals surface area (Å²) in [5.41, 5.74) is 10.2. The summed E-state index contributed by atoms with van der Waals surface area (Å²) in [7, 11) is 0. The molecular formula is C19H22N2OS. The van der Waals surface area contributed by atoms with E-state index in [2.05, 4.69) is 31.2 Å². The van der Waals surface area contributed by atoms with E-state index in [9.17, 15) is 4.79 Å². The SMILES string of the molecule is Cc1ccc(SCCC(=O)N2CCCc3c(N)cccc32)cc1. The second-order valence-electron chi connectivity index (χ2n) is 5.91. The van der Waals surface area contributed by atoms with Gasteiger partial charge in [-0.2, -0.15) is 0 Å². The molecule has 23 heavy (non-hydrogen) atoms. The highest BCUT2D eigenvalue weighted by Crippen LogP contribution is 2.32. The summed E-state index contributed by atoms with van der Waals surface area (Å²) in [5, 5.41) is 0. The summed E-state index contributed by atoms with van der Waals surface area (Å²) >= 11 is 1.73. The molecule has 2 aromatic carbocycles. The van der Waals surface area contributed by atoms with Gasteiger partial charge < -0.3 is 10.6 Å². The predicted molar refractivity (Wildman–Crippen MR) is 98.0 cm³/mol. The first-order valence-corrected chi connectivity index (χ1v) is 9.01. The third-order valence-corrected chi connectivity index (χ3v) is 5.21. The van der Waals surface area contributed by atoms with Gasteiger partial charge in [0.25, 0.3) is 0 Å². The molecule has 0 unspecified atom stereocenters. The zero-order valence-corrected chi connectivity index (χ0v) is 14.2. The number of carbonyl (C=O) groups is 1. The molecule has 0 radical (unpaired) electrons. The number of benzene rings is 2. The van der Waals surface area contributed by atoms with E-state index in [1.807, 2.05) is 23.1 Å². The summed E-state index contributed by atoms with van der Waals surface area (Å²) < 4.78 is 0.